The second kappa shape index (κ2) is 6.66. The molecular formula is C11H15NO7S. The Bertz CT molecular complexity index is 584. The molecule has 0 aliphatic carbocycles. The van der Waals surface area contributed by atoms with Gasteiger partial charge in [0, 0.05) is 7.11 Å². The number of aliphatic hydroxyl groups is 1. The third kappa shape index (κ3) is 3.90. The molecule has 0 saturated carbocycles. The van der Waals surface area contributed by atoms with Crippen molar-refractivity contribution in [1.29, 1.82) is 0 Å². The highest BCUT2D eigenvalue weighted by atomic mass is 32.2. The van der Waals surface area contributed by atoms with Crippen LogP contribution >= 0.6 is 0 Å². The quantitative estimate of drug-likeness (QED) is 0.527. The number of carboxylic acids is 1. The number of nitrogens with one attached hydrogen (secondary N) is 1. The first-order chi connectivity index (χ1) is 9.31. The molecule has 0 fully saturated rings. The number of carbonyl (C=O) groups is 1. The van der Waals surface area contributed by atoms with Gasteiger partial charge in [-0.15, -0.1) is 0 Å². The van der Waals surface area contributed by atoms with Crippen molar-refractivity contribution in [3.05, 3.63) is 23.8 Å². The molecule has 0 amide bonds. The van der Waals surface area contributed by atoms with Gasteiger partial charge < -0.3 is 20.1 Å². The monoisotopic (exact) mass is 305 g/mol. The molecule has 1 aromatic carbocycles. The largest absolute Gasteiger partial charge is 0.507 e. The fraction of sp³-hybridized carbons (Fsp3) is 0.364. The van der Waals surface area contributed by atoms with Crippen LogP contribution in [0.4, 0.5) is 0 Å². The summed E-state index contributed by atoms with van der Waals surface area (Å²) in [5, 5.41) is 27.2. The number of phenols is 1. The Kier molecular flexibility index (Phi) is 5.45. The Morgan fingerprint density at radius 3 is 2.60 bits per heavy atom. The summed E-state index contributed by atoms with van der Waals surface area (Å²) in [6.45, 7) is -0.517. The van der Waals surface area contributed by atoms with Gasteiger partial charge in [-0.1, -0.05) is 0 Å². The highest BCUT2D eigenvalue weighted by Gasteiger charge is 2.22. The van der Waals surface area contributed by atoms with Crippen LogP contribution in [0.3, 0.4) is 0 Å². The Morgan fingerprint density at radius 2 is 2.10 bits per heavy atom. The maximum Gasteiger partial charge on any atom is 0.339 e. The van der Waals surface area contributed by atoms with Crippen LogP contribution in [-0.4, -0.2) is 56.1 Å². The number of aromatic hydroxyl groups is 1. The molecule has 0 radical (unpaired) electrons. The van der Waals surface area contributed by atoms with Crippen LogP contribution in [0.15, 0.2) is 23.1 Å². The van der Waals surface area contributed by atoms with Crippen molar-refractivity contribution in [2.45, 2.75) is 10.9 Å². The van der Waals surface area contributed by atoms with Crippen LogP contribution in [0, 0.1) is 0 Å². The number of sulfonamides is 1. The highest BCUT2D eigenvalue weighted by Crippen LogP contribution is 2.21. The van der Waals surface area contributed by atoms with Crippen LogP contribution in [0.25, 0.3) is 0 Å². The highest BCUT2D eigenvalue weighted by molar-refractivity contribution is 7.89. The number of rotatable bonds is 7. The molecule has 8 nitrogen and oxygen atoms in total. The van der Waals surface area contributed by atoms with Crippen molar-refractivity contribution in [3.8, 4) is 5.75 Å². The van der Waals surface area contributed by atoms with E-state index in [1.54, 1.807) is 0 Å². The van der Waals surface area contributed by atoms with E-state index in [1.807, 2.05) is 0 Å². The summed E-state index contributed by atoms with van der Waals surface area (Å²) in [5.41, 5.74) is -0.528. The van der Waals surface area contributed by atoms with Crippen LogP contribution in [0.1, 0.15) is 10.4 Å². The Labute approximate surface area is 115 Å². The molecule has 1 aromatic rings. The lowest BCUT2D eigenvalue weighted by molar-refractivity contribution is 0.0693. The summed E-state index contributed by atoms with van der Waals surface area (Å²) in [6.07, 6.45) is 0. The first-order valence-corrected chi connectivity index (χ1v) is 6.98. The Morgan fingerprint density at radius 1 is 1.45 bits per heavy atom. The number of benzene rings is 1. The minimum absolute atomic E-state index is 0.0421. The standard InChI is InChI=1S/C11H15NO7S/c1-19-6-7(5-13)12-20(17,18)8-2-3-10(14)9(4-8)11(15)16/h2-4,7,12-14H,5-6H2,1H3,(H,15,16). The molecule has 0 saturated heterocycles. The number of methoxy groups -OCH3 is 1. The second-order valence-corrected chi connectivity index (χ2v) is 5.65. The predicted octanol–water partition coefficient (Wildman–Crippen LogP) is -0.624. The molecular weight excluding hydrogens is 290 g/mol. The third-order valence-electron chi connectivity index (χ3n) is 2.42. The minimum atomic E-state index is -4.03. The molecule has 0 aliphatic rings. The van der Waals surface area contributed by atoms with Gasteiger partial charge in [-0.3, -0.25) is 0 Å². The number of aliphatic hydroxyl groups excluding tert-OH is 1. The first kappa shape index (κ1) is 16.4. The zero-order valence-corrected chi connectivity index (χ0v) is 11.4. The molecule has 1 unspecified atom stereocenters. The zero-order valence-electron chi connectivity index (χ0n) is 10.6. The van der Waals surface area contributed by atoms with Crippen molar-refractivity contribution in [1.82, 2.24) is 4.72 Å². The van der Waals surface area contributed by atoms with E-state index >= 15 is 0 Å². The van der Waals surface area contributed by atoms with Gasteiger partial charge in [-0.2, -0.15) is 0 Å². The summed E-state index contributed by atoms with van der Waals surface area (Å²) in [4.78, 5) is 10.5. The molecule has 9 heteroatoms. The predicted molar refractivity (Wildman–Crippen MR) is 68.1 cm³/mol. The molecule has 20 heavy (non-hydrogen) atoms. The second-order valence-electron chi connectivity index (χ2n) is 3.94. The number of ether oxygens (including phenoxy) is 1. The van der Waals surface area contributed by atoms with E-state index in [9.17, 15) is 18.3 Å². The van der Waals surface area contributed by atoms with Crippen molar-refractivity contribution in [2.24, 2.45) is 0 Å². The molecule has 1 atom stereocenters. The van der Waals surface area contributed by atoms with E-state index in [0.717, 1.165) is 18.2 Å². The zero-order chi connectivity index (χ0) is 15.3. The van der Waals surface area contributed by atoms with Gasteiger partial charge >= 0.3 is 5.97 Å². The summed E-state index contributed by atoms with van der Waals surface area (Å²) in [7, 11) is -2.68. The normalized spacial score (nSPS) is 13.1. The average Bonchev–Trinajstić information content (AvgIpc) is 2.37. The molecule has 0 bridgehead atoms. The maximum absolute atomic E-state index is 12.0. The van der Waals surface area contributed by atoms with Gasteiger partial charge in [0.1, 0.15) is 11.3 Å². The smallest absolute Gasteiger partial charge is 0.339 e. The van der Waals surface area contributed by atoms with E-state index in [-0.39, 0.29) is 11.5 Å². The van der Waals surface area contributed by atoms with Crippen molar-refractivity contribution in [3.63, 3.8) is 0 Å². The Balaban J connectivity index is 3.09. The number of aromatic carboxylic acids is 1. The fourth-order valence-electron chi connectivity index (χ4n) is 1.47. The topological polar surface area (TPSA) is 133 Å². The van der Waals surface area contributed by atoms with E-state index in [0.29, 0.717) is 0 Å². The number of hydrogen-bond donors (Lipinski definition) is 4. The van der Waals surface area contributed by atoms with Crippen LogP contribution < -0.4 is 4.72 Å². The van der Waals surface area contributed by atoms with Crippen LogP contribution in [0.5, 0.6) is 5.75 Å². The van der Waals surface area contributed by atoms with Gasteiger partial charge in [-0.05, 0) is 18.2 Å². The van der Waals surface area contributed by atoms with E-state index in [1.165, 1.54) is 7.11 Å². The van der Waals surface area contributed by atoms with Crippen molar-refractivity contribution in [2.75, 3.05) is 20.3 Å². The van der Waals surface area contributed by atoms with Gasteiger partial charge in [0.05, 0.1) is 24.2 Å². The first-order valence-electron chi connectivity index (χ1n) is 5.50. The lowest BCUT2D eigenvalue weighted by atomic mass is 10.2. The SMILES string of the molecule is COCC(CO)NS(=O)(=O)c1ccc(O)c(C(=O)O)c1. The molecule has 0 spiro atoms. The molecule has 0 aliphatic heterocycles. The summed E-state index contributed by atoms with van der Waals surface area (Å²) in [6, 6.07) is 2.02. The van der Waals surface area contributed by atoms with Gasteiger partial charge in [-0.25, -0.2) is 17.9 Å². The maximum atomic E-state index is 12.0. The van der Waals surface area contributed by atoms with E-state index < -0.39 is 40.0 Å². The summed E-state index contributed by atoms with van der Waals surface area (Å²) < 4.78 is 30.9. The molecule has 0 aromatic heterocycles. The van der Waals surface area contributed by atoms with Crippen molar-refractivity contribution >= 4 is 16.0 Å². The fourth-order valence-corrected chi connectivity index (χ4v) is 2.70. The number of carboxylic acid groups (broad SMARTS) is 1. The molecule has 0 heterocycles. The summed E-state index contributed by atoms with van der Waals surface area (Å²) >= 11 is 0. The molecule has 112 valence electrons. The van der Waals surface area contributed by atoms with E-state index in [2.05, 4.69) is 4.72 Å². The summed E-state index contributed by atoms with van der Waals surface area (Å²) in [5.74, 6) is -1.98. The average molecular weight is 305 g/mol. The van der Waals surface area contributed by atoms with E-state index in [4.69, 9.17) is 14.9 Å². The lowest BCUT2D eigenvalue weighted by Gasteiger charge is -2.15. The third-order valence-corrected chi connectivity index (χ3v) is 3.94. The van der Waals surface area contributed by atoms with Gasteiger partial charge in [0.2, 0.25) is 10.0 Å². The molecule has 4 N–H and O–H groups in total. The van der Waals surface area contributed by atoms with Crippen molar-refractivity contribution < 1.29 is 33.3 Å². The van der Waals surface area contributed by atoms with Crippen LogP contribution in [0.2, 0.25) is 0 Å². The lowest BCUT2D eigenvalue weighted by Crippen LogP contribution is -2.40. The van der Waals surface area contributed by atoms with Gasteiger partial charge in [0.25, 0.3) is 0 Å². The number of hydrogen-bond acceptors (Lipinski definition) is 6. The van der Waals surface area contributed by atoms with Crippen LogP contribution in [-0.2, 0) is 14.8 Å². The minimum Gasteiger partial charge on any atom is -0.507 e. The Hall–Kier alpha value is -1.68. The molecule has 1 rings (SSSR count). The van der Waals surface area contributed by atoms with Gasteiger partial charge in [0.15, 0.2) is 0 Å².